The number of nitrogens with zero attached hydrogens (tertiary/aromatic N) is 4. The molecule has 0 saturated carbocycles. The standard InChI is InChI=1S/C21H13ClN6O2/c22-14-9-12(8-13-10-24-27-16(13)14)18-17(11-4-2-1-3-5-11)26-21(23)19(25-18)20(29)15-6-7-30-28-15/h1-10H,(H2,23,26)(H,24,27). The average Bonchev–Trinajstić information content (AvgIpc) is 3.46. The van der Waals surface area contributed by atoms with E-state index in [1.54, 1.807) is 12.3 Å². The molecule has 0 aliphatic carbocycles. The molecule has 8 nitrogen and oxygen atoms in total. The van der Waals surface area contributed by atoms with E-state index in [0.29, 0.717) is 27.5 Å². The SMILES string of the molecule is Nc1nc(-c2ccccc2)c(-c2cc(Cl)c3[nH]ncc3c2)nc1C(=O)c1ccon1. The summed E-state index contributed by atoms with van der Waals surface area (Å²) in [6.07, 6.45) is 2.97. The van der Waals surface area contributed by atoms with Crippen molar-refractivity contribution in [2.75, 3.05) is 5.73 Å². The number of aromatic nitrogens is 5. The molecule has 0 amide bonds. The minimum absolute atomic E-state index is 0.00101. The maximum atomic E-state index is 12.9. The van der Waals surface area contributed by atoms with Crippen molar-refractivity contribution in [3.8, 4) is 22.5 Å². The number of H-pyrrole nitrogens is 1. The number of hydrogen-bond donors (Lipinski definition) is 2. The van der Waals surface area contributed by atoms with Crippen molar-refractivity contribution in [2.45, 2.75) is 0 Å². The molecular weight excluding hydrogens is 404 g/mol. The van der Waals surface area contributed by atoms with Crippen molar-refractivity contribution in [3.63, 3.8) is 0 Å². The Morgan fingerprint density at radius 1 is 1.03 bits per heavy atom. The number of ketones is 1. The summed E-state index contributed by atoms with van der Waals surface area (Å²) in [6.45, 7) is 0. The number of halogens is 1. The van der Waals surface area contributed by atoms with Crippen LogP contribution < -0.4 is 5.73 Å². The smallest absolute Gasteiger partial charge is 0.237 e. The molecule has 5 rings (SSSR count). The van der Waals surface area contributed by atoms with E-state index in [0.717, 1.165) is 10.9 Å². The molecule has 146 valence electrons. The summed E-state index contributed by atoms with van der Waals surface area (Å²) in [6, 6.07) is 14.5. The molecule has 30 heavy (non-hydrogen) atoms. The topological polar surface area (TPSA) is 124 Å². The predicted molar refractivity (Wildman–Crippen MR) is 112 cm³/mol. The van der Waals surface area contributed by atoms with E-state index in [-0.39, 0.29) is 17.2 Å². The molecular formula is C21H13ClN6O2. The lowest BCUT2D eigenvalue weighted by atomic mass is 10.0. The van der Waals surface area contributed by atoms with Crippen LogP contribution in [0.5, 0.6) is 0 Å². The molecule has 0 aliphatic heterocycles. The van der Waals surface area contributed by atoms with Gasteiger partial charge in [0.1, 0.15) is 6.26 Å². The van der Waals surface area contributed by atoms with Gasteiger partial charge in [-0.3, -0.25) is 9.89 Å². The van der Waals surface area contributed by atoms with E-state index in [9.17, 15) is 4.79 Å². The second-order valence-corrected chi connectivity index (χ2v) is 6.93. The van der Waals surface area contributed by atoms with E-state index < -0.39 is 5.78 Å². The van der Waals surface area contributed by atoms with Crippen LogP contribution in [0, 0.1) is 0 Å². The summed E-state index contributed by atoms with van der Waals surface area (Å²) in [5, 5.41) is 11.9. The summed E-state index contributed by atoms with van der Waals surface area (Å²) in [5.41, 5.74) is 9.39. The van der Waals surface area contributed by atoms with Gasteiger partial charge >= 0.3 is 0 Å². The summed E-state index contributed by atoms with van der Waals surface area (Å²) in [7, 11) is 0. The Balaban J connectivity index is 1.77. The van der Waals surface area contributed by atoms with Gasteiger partial charge in [0.15, 0.2) is 17.2 Å². The number of benzene rings is 2. The quantitative estimate of drug-likeness (QED) is 0.422. The van der Waals surface area contributed by atoms with Crippen LogP contribution in [0.25, 0.3) is 33.4 Å². The average molecular weight is 417 g/mol. The molecule has 5 aromatic rings. The minimum atomic E-state index is -0.481. The van der Waals surface area contributed by atoms with Crippen LogP contribution in [0.1, 0.15) is 16.2 Å². The van der Waals surface area contributed by atoms with Crippen LogP contribution >= 0.6 is 11.6 Å². The number of aromatic amines is 1. The van der Waals surface area contributed by atoms with E-state index >= 15 is 0 Å². The maximum Gasteiger partial charge on any atom is 0.237 e. The number of hydrogen-bond acceptors (Lipinski definition) is 7. The second kappa shape index (κ2) is 7.09. The lowest BCUT2D eigenvalue weighted by Gasteiger charge is -2.12. The number of nitrogens with two attached hydrogens (primary N) is 1. The first-order valence-electron chi connectivity index (χ1n) is 8.93. The molecule has 0 unspecified atom stereocenters. The Labute approximate surface area is 174 Å². The zero-order valence-electron chi connectivity index (χ0n) is 15.3. The van der Waals surface area contributed by atoms with E-state index in [1.165, 1.54) is 12.3 Å². The fraction of sp³-hybridized carbons (Fsp3) is 0. The van der Waals surface area contributed by atoms with Gasteiger partial charge in [0.25, 0.3) is 0 Å². The highest BCUT2D eigenvalue weighted by molar-refractivity contribution is 6.35. The van der Waals surface area contributed by atoms with Gasteiger partial charge in [-0.1, -0.05) is 47.1 Å². The highest BCUT2D eigenvalue weighted by Gasteiger charge is 2.23. The Morgan fingerprint density at radius 3 is 2.60 bits per heavy atom. The number of anilines is 1. The minimum Gasteiger partial charge on any atom is -0.382 e. The van der Waals surface area contributed by atoms with Gasteiger partial charge in [0.05, 0.1) is 28.1 Å². The van der Waals surface area contributed by atoms with Crippen LogP contribution in [0.2, 0.25) is 5.02 Å². The van der Waals surface area contributed by atoms with E-state index in [4.69, 9.17) is 21.9 Å². The van der Waals surface area contributed by atoms with Gasteiger partial charge in [-0.25, -0.2) is 9.97 Å². The third-order valence-electron chi connectivity index (χ3n) is 4.63. The van der Waals surface area contributed by atoms with Gasteiger partial charge in [0.2, 0.25) is 5.78 Å². The molecule has 3 N–H and O–H groups in total. The molecule has 3 heterocycles. The second-order valence-electron chi connectivity index (χ2n) is 6.53. The molecule has 0 aliphatic rings. The first-order valence-corrected chi connectivity index (χ1v) is 9.30. The lowest BCUT2D eigenvalue weighted by molar-refractivity contribution is 0.102. The van der Waals surface area contributed by atoms with Crippen LogP contribution in [0.4, 0.5) is 5.82 Å². The fourth-order valence-electron chi connectivity index (χ4n) is 3.22. The van der Waals surface area contributed by atoms with Crippen molar-refractivity contribution in [3.05, 3.63) is 77.4 Å². The van der Waals surface area contributed by atoms with Crippen molar-refractivity contribution in [2.24, 2.45) is 0 Å². The van der Waals surface area contributed by atoms with E-state index in [1.807, 2.05) is 36.4 Å². The van der Waals surface area contributed by atoms with Gasteiger partial charge in [-0.15, -0.1) is 0 Å². The zero-order valence-corrected chi connectivity index (χ0v) is 16.1. The van der Waals surface area contributed by atoms with Crippen molar-refractivity contribution in [1.82, 2.24) is 25.3 Å². The highest BCUT2D eigenvalue weighted by Crippen LogP contribution is 2.35. The van der Waals surface area contributed by atoms with Gasteiger partial charge in [-0.05, 0) is 12.1 Å². The van der Waals surface area contributed by atoms with Crippen LogP contribution in [0.3, 0.4) is 0 Å². The number of carbonyl (C=O) groups excluding carboxylic acids is 1. The predicted octanol–water partition coefficient (Wildman–Crippen LogP) is 4.14. The first kappa shape index (κ1) is 18.0. The molecule has 3 aromatic heterocycles. The van der Waals surface area contributed by atoms with Crippen LogP contribution in [-0.2, 0) is 0 Å². The largest absolute Gasteiger partial charge is 0.382 e. The lowest BCUT2D eigenvalue weighted by Crippen LogP contribution is -2.12. The van der Waals surface area contributed by atoms with Gasteiger partial charge < -0.3 is 10.3 Å². The Hall–Kier alpha value is -4.04. The number of nitrogens with one attached hydrogen (secondary N) is 1. The van der Waals surface area contributed by atoms with Gasteiger partial charge in [-0.2, -0.15) is 5.10 Å². The molecule has 0 atom stereocenters. The van der Waals surface area contributed by atoms with Gasteiger partial charge in [0, 0.05) is 22.6 Å². The maximum absolute atomic E-state index is 12.9. The molecule has 0 spiro atoms. The summed E-state index contributed by atoms with van der Waals surface area (Å²) >= 11 is 6.43. The molecule has 2 aromatic carbocycles. The first-order chi connectivity index (χ1) is 14.6. The molecule has 0 bridgehead atoms. The van der Waals surface area contributed by atoms with Crippen molar-refractivity contribution in [1.29, 1.82) is 0 Å². The Bertz CT molecular complexity index is 1380. The number of carbonyl (C=O) groups is 1. The number of nitrogen functional groups attached to an aromatic ring is 1. The molecule has 0 radical (unpaired) electrons. The third-order valence-corrected chi connectivity index (χ3v) is 4.93. The monoisotopic (exact) mass is 416 g/mol. The summed E-state index contributed by atoms with van der Waals surface area (Å²) < 4.78 is 4.77. The Kier molecular flexibility index (Phi) is 4.26. The van der Waals surface area contributed by atoms with E-state index in [2.05, 4.69) is 25.3 Å². The third kappa shape index (κ3) is 2.99. The number of fused-ring (bicyclic) bond motifs is 1. The van der Waals surface area contributed by atoms with Crippen LogP contribution in [0.15, 0.2) is 65.5 Å². The Morgan fingerprint density at radius 2 is 1.83 bits per heavy atom. The summed E-state index contributed by atoms with van der Waals surface area (Å²) in [5.74, 6) is -0.480. The highest BCUT2D eigenvalue weighted by atomic mass is 35.5. The molecule has 9 heteroatoms. The van der Waals surface area contributed by atoms with Crippen molar-refractivity contribution < 1.29 is 9.32 Å². The molecule has 0 saturated heterocycles. The van der Waals surface area contributed by atoms with Crippen molar-refractivity contribution >= 4 is 34.1 Å². The molecule has 0 fully saturated rings. The zero-order chi connectivity index (χ0) is 20.7. The van der Waals surface area contributed by atoms with Crippen LogP contribution in [-0.4, -0.2) is 31.1 Å². The number of rotatable bonds is 4. The normalized spacial score (nSPS) is 11.1. The fourth-order valence-corrected chi connectivity index (χ4v) is 3.48. The summed E-state index contributed by atoms with van der Waals surface area (Å²) in [4.78, 5) is 22.0.